The molecule has 2 aromatic rings. The first-order chi connectivity index (χ1) is 10.8. The minimum atomic E-state index is 0.0448. The maximum atomic E-state index is 8.82. The van der Waals surface area contributed by atoms with Crippen LogP contribution in [0, 0.1) is 0 Å². The summed E-state index contributed by atoms with van der Waals surface area (Å²) in [5.74, 6) is 0. The van der Waals surface area contributed by atoms with Gasteiger partial charge in [-0.15, -0.1) is 0 Å². The molecule has 0 spiro atoms. The van der Waals surface area contributed by atoms with Gasteiger partial charge in [0.25, 0.3) is 0 Å². The van der Waals surface area contributed by atoms with E-state index in [0.717, 1.165) is 38.3 Å². The lowest BCUT2D eigenvalue weighted by Crippen LogP contribution is -2.23. The highest BCUT2D eigenvalue weighted by atomic mass is 16.5. The Labute approximate surface area is 130 Å². The Morgan fingerprint density at radius 1 is 1.36 bits per heavy atom. The molecule has 7 nitrogen and oxygen atoms in total. The average molecular weight is 305 g/mol. The van der Waals surface area contributed by atoms with Crippen molar-refractivity contribution in [3.05, 3.63) is 35.7 Å². The molecule has 0 amide bonds. The van der Waals surface area contributed by atoms with Gasteiger partial charge < -0.3 is 14.4 Å². The fraction of sp³-hybridized carbons (Fsp3) is 0.600. The van der Waals surface area contributed by atoms with Crippen molar-refractivity contribution in [3.63, 3.8) is 0 Å². The lowest BCUT2D eigenvalue weighted by molar-refractivity contribution is 0.0790. The van der Waals surface area contributed by atoms with E-state index in [1.165, 1.54) is 11.3 Å². The van der Waals surface area contributed by atoms with E-state index in [4.69, 9.17) is 9.84 Å². The lowest BCUT2D eigenvalue weighted by Gasteiger charge is -2.19. The molecule has 2 aromatic heterocycles. The van der Waals surface area contributed by atoms with E-state index in [2.05, 4.69) is 25.7 Å². The van der Waals surface area contributed by atoms with Crippen LogP contribution in [0.5, 0.6) is 0 Å². The first-order valence-electron chi connectivity index (χ1n) is 7.67. The lowest BCUT2D eigenvalue weighted by atomic mass is 10.2. The second-order valence-electron chi connectivity index (χ2n) is 5.69. The average Bonchev–Trinajstić information content (AvgIpc) is 3.01. The van der Waals surface area contributed by atoms with Gasteiger partial charge in [-0.1, -0.05) is 0 Å². The topological polar surface area (TPSA) is 68.3 Å². The van der Waals surface area contributed by atoms with Gasteiger partial charge in [-0.05, 0) is 6.42 Å². The highest BCUT2D eigenvalue weighted by molar-refractivity contribution is 5.14. The number of hydrogen-bond donors (Lipinski definition) is 1. The number of aromatic nitrogens is 4. The maximum absolute atomic E-state index is 8.82. The molecule has 0 aliphatic carbocycles. The Morgan fingerprint density at radius 3 is 3.05 bits per heavy atom. The molecular formula is C15H23N5O2. The number of aryl methyl sites for hydroxylation is 2. The van der Waals surface area contributed by atoms with E-state index >= 15 is 0 Å². The number of rotatable bonds is 6. The summed E-state index contributed by atoms with van der Waals surface area (Å²) in [6.07, 6.45) is 7.00. The van der Waals surface area contributed by atoms with E-state index in [1.54, 1.807) is 0 Å². The molecule has 1 aliphatic rings. The summed E-state index contributed by atoms with van der Waals surface area (Å²) >= 11 is 0. The highest BCUT2D eigenvalue weighted by Gasteiger charge is 2.19. The standard InChI is InChI=1S/C15H23N5O2/c1-18-8-13(7-17-18)9-19-3-2-4-20-12-16-14(15(20)10-19)11-22-6-5-21/h7-8,12,21H,2-6,9-11H2,1H3. The van der Waals surface area contributed by atoms with Crippen LogP contribution in [0.25, 0.3) is 0 Å². The number of aliphatic hydroxyl groups excluding tert-OH is 1. The van der Waals surface area contributed by atoms with Crippen molar-refractivity contribution in [1.29, 1.82) is 0 Å². The molecule has 0 aromatic carbocycles. The SMILES string of the molecule is Cn1cc(CN2CCCn3cnc(COCCO)c3C2)cn1. The Morgan fingerprint density at radius 2 is 2.27 bits per heavy atom. The molecule has 22 heavy (non-hydrogen) atoms. The zero-order chi connectivity index (χ0) is 15.4. The molecular weight excluding hydrogens is 282 g/mol. The summed E-state index contributed by atoms with van der Waals surface area (Å²) in [6.45, 7) is 4.68. The molecule has 0 saturated heterocycles. The van der Waals surface area contributed by atoms with Crippen molar-refractivity contribution >= 4 is 0 Å². The number of ether oxygens (including phenoxy) is 1. The minimum absolute atomic E-state index is 0.0448. The quantitative estimate of drug-likeness (QED) is 0.789. The fourth-order valence-corrected chi connectivity index (χ4v) is 2.88. The Hall–Kier alpha value is -1.70. The number of aliphatic hydroxyl groups is 1. The summed E-state index contributed by atoms with van der Waals surface area (Å²) in [7, 11) is 1.94. The van der Waals surface area contributed by atoms with Crippen LogP contribution in [-0.2, 0) is 38.0 Å². The van der Waals surface area contributed by atoms with Gasteiger partial charge in [0.1, 0.15) is 0 Å². The van der Waals surface area contributed by atoms with Crippen LogP contribution < -0.4 is 0 Å². The number of hydrogen-bond acceptors (Lipinski definition) is 5. The minimum Gasteiger partial charge on any atom is -0.394 e. The van der Waals surface area contributed by atoms with Crippen molar-refractivity contribution in [2.45, 2.75) is 32.7 Å². The zero-order valence-corrected chi connectivity index (χ0v) is 13.0. The van der Waals surface area contributed by atoms with Gasteiger partial charge in [-0.25, -0.2) is 4.98 Å². The van der Waals surface area contributed by atoms with Gasteiger partial charge in [-0.2, -0.15) is 5.10 Å². The third kappa shape index (κ3) is 3.55. The van der Waals surface area contributed by atoms with E-state index in [1.807, 2.05) is 24.3 Å². The second kappa shape index (κ2) is 7.04. The van der Waals surface area contributed by atoms with Gasteiger partial charge in [0.05, 0.1) is 43.7 Å². The predicted molar refractivity (Wildman–Crippen MR) is 80.9 cm³/mol. The molecule has 0 saturated carbocycles. The molecule has 0 unspecified atom stereocenters. The second-order valence-corrected chi connectivity index (χ2v) is 5.69. The summed E-state index contributed by atoms with van der Waals surface area (Å²) in [5.41, 5.74) is 3.43. The predicted octanol–water partition coefficient (Wildman–Crippen LogP) is 0.531. The summed E-state index contributed by atoms with van der Waals surface area (Å²) in [5, 5.41) is 13.1. The van der Waals surface area contributed by atoms with Crippen molar-refractivity contribution in [2.24, 2.45) is 7.05 Å². The molecule has 0 fully saturated rings. The molecule has 1 N–H and O–H groups in total. The van der Waals surface area contributed by atoms with Crippen LogP contribution in [0.2, 0.25) is 0 Å². The molecule has 0 atom stereocenters. The van der Waals surface area contributed by atoms with Crippen LogP contribution in [0.3, 0.4) is 0 Å². The van der Waals surface area contributed by atoms with E-state index in [0.29, 0.717) is 13.2 Å². The number of fused-ring (bicyclic) bond motifs is 1. The smallest absolute Gasteiger partial charge is 0.0953 e. The van der Waals surface area contributed by atoms with Crippen LogP contribution in [0.15, 0.2) is 18.7 Å². The molecule has 1 aliphatic heterocycles. The van der Waals surface area contributed by atoms with Crippen molar-refractivity contribution in [1.82, 2.24) is 24.2 Å². The molecule has 7 heteroatoms. The monoisotopic (exact) mass is 305 g/mol. The summed E-state index contributed by atoms with van der Waals surface area (Å²) in [6, 6.07) is 0. The van der Waals surface area contributed by atoms with Crippen molar-refractivity contribution in [3.8, 4) is 0 Å². The largest absolute Gasteiger partial charge is 0.394 e. The van der Waals surface area contributed by atoms with Crippen molar-refractivity contribution < 1.29 is 9.84 Å². The Bertz CT molecular complexity index is 607. The normalized spacial score (nSPS) is 15.7. The number of nitrogens with zero attached hydrogens (tertiary/aromatic N) is 5. The van der Waals surface area contributed by atoms with Crippen LogP contribution in [-0.4, -0.2) is 49.1 Å². The Kier molecular flexibility index (Phi) is 4.87. The summed E-state index contributed by atoms with van der Waals surface area (Å²) in [4.78, 5) is 6.89. The molecule has 0 bridgehead atoms. The Balaban J connectivity index is 1.69. The molecule has 0 radical (unpaired) electrons. The van der Waals surface area contributed by atoms with E-state index in [-0.39, 0.29) is 6.61 Å². The van der Waals surface area contributed by atoms with Crippen LogP contribution in [0.4, 0.5) is 0 Å². The summed E-state index contributed by atoms with van der Waals surface area (Å²) < 4.78 is 9.50. The third-order valence-corrected chi connectivity index (χ3v) is 3.92. The van der Waals surface area contributed by atoms with Gasteiger partial charge >= 0.3 is 0 Å². The molecule has 120 valence electrons. The van der Waals surface area contributed by atoms with Gasteiger partial charge in [0.2, 0.25) is 0 Å². The van der Waals surface area contributed by atoms with E-state index < -0.39 is 0 Å². The first-order valence-corrected chi connectivity index (χ1v) is 7.67. The van der Waals surface area contributed by atoms with Crippen LogP contribution >= 0.6 is 0 Å². The van der Waals surface area contributed by atoms with Crippen LogP contribution in [0.1, 0.15) is 23.4 Å². The molecule has 3 heterocycles. The third-order valence-electron chi connectivity index (χ3n) is 3.92. The maximum Gasteiger partial charge on any atom is 0.0953 e. The van der Waals surface area contributed by atoms with Gasteiger partial charge in [-0.3, -0.25) is 9.58 Å². The van der Waals surface area contributed by atoms with Gasteiger partial charge in [0.15, 0.2) is 0 Å². The number of imidazole rings is 1. The fourth-order valence-electron chi connectivity index (χ4n) is 2.88. The van der Waals surface area contributed by atoms with E-state index in [9.17, 15) is 0 Å². The highest BCUT2D eigenvalue weighted by Crippen LogP contribution is 2.18. The first kappa shape index (κ1) is 15.2. The van der Waals surface area contributed by atoms with Gasteiger partial charge in [0, 0.05) is 45.0 Å². The van der Waals surface area contributed by atoms with Crippen molar-refractivity contribution in [2.75, 3.05) is 19.8 Å². The molecule has 3 rings (SSSR count). The zero-order valence-electron chi connectivity index (χ0n) is 13.0.